The van der Waals surface area contributed by atoms with Crippen molar-refractivity contribution in [2.24, 2.45) is 0 Å². The average Bonchev–Trinajstić information content (AvgIpc) is 4.25. The molecule has 2 saturated heterocycles. The number of aromatic amines is 2. The van der Waals surface area contributed by atoms with Crippen LogP contribution in [-0.2, 0) is 14.3 Å². The molecule has 2 N–H and O–H groups in total. The first-order chi connectivity index (χ1) is 35.2. The van der Waals surface area contributed by atoms with Gasteiger partial charge in [0.15, 0.2) is 0 Å². The first-order valence-electron chi connectivity index (χ1n) is 25.4. The fourth-order valence-corrected chi connectivity index (χ4v) is 12.4. The SMILES string of the molecule is CN(C)C(C(=O)N1CCC[C@H]1c1ncc(-c2ccc(-c3ccc4c(c3)OCCCCCCCCO[C@H]3C[C@@H](c5ncc-4[nH]5)N(C(=O)C(c4ccc5ncsc5c4)N(C)C)C3)cc2)[nH]1)c1ccc2ncsc2c1. The zero-order chi connectivity index (χ0) is 49.3. The van der Waals surface area contributed by atoms with Crippen LogP contribution in [0.4, 0.5) is 0 Å². The topological polar surface area (TPSA) is 149 Å². The summed E-state index contributed by atoms with van der Waals surface area (Å²) in [5.41, 5.74) is 13.3. The van der Waals surface area contributed by atoms with Gasteiger partial charge in [0.05, 0.1) is 80.0 Å². The summed E-state index contributed by atoms with van der Waals surface area (Å²) < 4.78 is 15.3. The molecule has 0 saturated carbocycles. The van der Waals surface area contributed by atoms with E-state index in [2.05, 4.69) is 74.5 Å². The predicted molar refractivity (Wildman–Crippen MR) is 285 cm³/mol. The van der Waals surface area contributed by atoms with Crippen LogP contribution in [0.3, 0.4) is 0 Å². The maximum atomic E-state index is 14.8. The summed E-state index contributed by atoms with van der Waals surface area (Å²) >= 11 is 3.18. The second kappa shape index (κ2) is 21.0. The molecule has 5 atom stereocenters. The molecule has 2 unspecified atom stereocenters. The molecule has 11 rings (SSSR count). The number of carbonyl (C=O) groups excluding carboxylic acids is 2. The molecule has 2 fully saturated rings. The number of H-pyrrole nitrogens is 2. The molecule has 0 spiro atoms. The normalized spacial score (nSPS) is 19.9. The van der Waals surface area contributed by atoms with Crippen molar-refractivity contribution in [3.8, 4) is 39.4 Å². The van der Waals surface area contributed by atoms with E-state index in [9.17, 15) is 9.59 Å². The highest BCUT2D eigenvalue weighted by atomic mass is 32.1. The van der Waals surface area contributed by atoms with Crippen LogP contribution in [0.15, 0.2) is 102 Å². The molecular weight excluding hydrogens is 941 g/mol. The quantitative estimate of drug-likeness (QED) is 0.143. The number of fused-ring (bicyclic) bond motifs is 9. The van der Waals surface area contributed by atoms with E-state index in [4.69, 9.17) is 19.4 Å². The number of benzene rings is 4. The highest BCUT2D eigenvalue weighted by molar-refractivity contribution is 7.17. The third-order valence-corrected chi connectivity index (χ3v) is 16.3. The Balaban J connectivity index is 0.832. The molecule has 372 valence electrons. The average molecular weight is 1000 g/mol. The second-order valence-corrected chi connectivity index (χ2v) is 21.7. The minimum atomic E-state index is -0.481. The van der Waals surface area contributed by atoms with Crippen molar-refractivity contribution in [1.29, 1.82) is 0 Å². The first-order valence-corrected chi connectivity index (χ1v) is 27.1. The number of aromatic nitrogens is 6. The van der Waals surface area contributed by atoms with E-state index >= 15 is 0 Å². The summed E-state index contributed by atoms with van der Waals surface area (Å²) in [6.07, 6.45) is 12.6. The van der Waals surface area contributed by atoms with Gasteiger partial charge < -0.3 is 29.2 Å². The zero-order valence-electron chi connectivity index (χ0n) is 41.4. The fourth-order valence-electron chi connectivity index (χ4n) is 11.0. The molecule has 0 aliphatic carbocycles. The minimum Gasteiger partial charge on any atom is -0.493 e. The van der Waals surface area contributed by atoms with E-state index in [-0.39, 0.29) is 30.0 Å². The number of likely N-dealkylation sites (N-methyl/N-ethyl adjacent to an activating group) is 2. The molecule has 8 aromatic rings. The van der Waals surface area contributed by atoms with Crippen molar-refractivity contribution >= 4 is 54.9 Å². The van der Waals surface area contributed by atoms with E-state index < -0.39 is 12.1 Å². The van der Waals surface area contributed by atoms with Crippen molar-refractivity contribution in [3.63, 3.8) is 0 Å². The molecule has 4 aromatic carbocycles. The first kappa shape index (κ1) is 48.0. The number of amides is 2. The van der Waals surface area contributed by atoms with Crippen LogP contribution in [-0.4, -0.2) is 122 Å². The van der Waals surface area contributed by atoms with E-state index in [1.165, 1.54) is 0 Å². The van der Waals surface area contributed by atoms with E-state index in [0.29, 0.717) is 32.7 Å². The number of carbonyl (C=O) groups is 2. The van der Waals surface area contributed by atoms with Crippen LogP contribution in [0, 0.1) is 0 Å². The van der Waals surface area contributed by atoms with Gasteiger partial charge in [-0.05, 0) is 118 Å². The molecule has 3 aliphatic rings. The Morgan fingerprint density at radius 2 is 1.21 bits per heavy atom. The van der Waals surface area contributed by atoms with Crippen LogP contribution < -0.4 is 4.74 Å². The summed E-state index contributed by atoms with van der Waals surface area (Å²) in [6, 6.07) is 25.9. The van der Waals surface area contributed by atoms with Crippen LogP contribution >= 0.6 is 22.7 Å². The fraction of sp³-hybridized carbons (Fsp3) is 0.393. The molecule has 3 aliphatic heterocycles. The Bertz CT molecular complexity index is 3180. The third kappa shape index (κ3) is 9.82. The lowest BCUT2D eigenvalue weighted by Gasteiger charge is -2.31. The number of likely N-dealkylation sites (tertiary alicyclic amines) is 2. The highest BCUT2D eigenvalue weighted by Gasteiger charge is 2.42. The van der Waals surface area contributed by atoms with Crippen LogP contribution in [0.25, 0.3) is 54.1 Å². The Labute approximate surface area is 428 Å². The van der Waals surface area contributed by atoms with Gasteiger partial charge in [0.1, 0.15) is 29.5 Å². The molecule has 4 bridgehead atoms. The van der Waals surface area contributed by atoms with Crippen LogP contribution in [0.1, 0.15) is 105 Å². The number of thiazole rings is 2. The summed E-state index contributed by atoms with van der Waals surface area (Å²) in [7, 11) is 7.87. The Kier molecular flexibility index (Phi) is 14.0. The number of ether oxygens (including phenoxy) is 2. The van der Waals surface area contributed by atoms with Crippen molar-refractivity contribution in [2.45, 2.75) is 88.1 Å². The van der Waals surface area contributed by atoms with E-state index in [1.54, 1.807) is 22.7 Å². The minimum absolute atomic E-state index is 0.0270. The standard InChI is InChI=1S/C56H62N10O4S2/c1-63(2)51(38-18-21-42-49(27-38)71-33-59-42)55(67)65-23-11-12-46(65)53-57-30-44(61-53)36-15-13-35(14-16-36)37-17-20-41-45-31-58-54(62-45)47-29-40(69-24-9-7-5-6-8-10-25-70-48(41)26-37)32-66(47)56(68)52(64(3)4)39-19-22-43-50(28-39)72-34-60-43/h13-22,26-28,30-31,33-34,40,46-47,51-52H,5-12,23-25,29,32H2,1-4H3,(H,57,61)(H,58,62)/t40-,46-,47-,51?,52?/m0/s1. The van der Waals surface area contributed by atoms with Gasteiger partial charge in [-0.2, -0.15) is 0 Å². The smallest absolute Gasteiger partial charge is 0.245 e. The van der Waals surface area contributed by atoms with Crippen molar-refractivity contribution in [1.82, 2.24) is 49.5 Å². The number of hydrogen-bond donors (Lipinski definition) is 2. The summed E-state index contributed by atoms with van der Waals surface area (Å²) in [5, 5.41) is 0. The lowest BCUT2D eigenvalue weighted by molar-refractivity contribution is -0.138. The van der Waals surface area contributed by atoms with Gasteiger partial charge in [0, 0.05) is 31.7 Å². The molecule has 14 nitrogen and oxygen atoms in total. The molecule has 0 radical (unpaired) electrons. The monoisotopic (exact) mass is 1000 g/mol. The predicted octanol–water partition coefficient (Wildman–Crippen LogP) is 11.0. The second-order valence-electron chi connectivity index (χ2n) is 19.9. The highest BCUT2D eigenvalue weighted by Crippen LogP contribution is 2.41. The molecule has 72 heavy (non-hydrogen) atoms. The van der Waals surface area contributed by atoms with Gasteiger partial charge in [0.25, 0.3) is 0 Å². The maximum Gasteiger partial charge on any atom is 0.245 e. The van der Waals surface area contributed by atoms with Gasteiger partial charge in [-0.3, -0.25) is 19.4 Å². The van der Waals surface area contributed by atoms with Gasteiger partial charge in [-0.25, -0.2) is 19.9 Å². The van der Waals surface area contributed by atoms with Crippen molar-refractivity contribution < 1.29 is 19.1 Å². The summed E-state index contributed by atoms with van der Waals surface area (Å²) in [5.74, 6) is 2.44. The van der Waals surface area contributed by atoms with Gasteiger partial charge >= 0.3 is 0 Å². The molecule has 4 aromatic heterocycles. The number of imidazole rings is 2. The number of hydrogen-bond acceptors (Lipinski definition) is 12. The van der Waals surface area contributed by atoms with Crippen LogP contribution in [0.2, 0.25) is 0 Å². The van der Waals surface area contributed by atoms with Gasteiger partial charge in [0.2, 0.25) is 11.8 Å². The number of rotatable bonds is 9. The Hall–Kier alpha value is -6.30. The zero-order valence-corrected chi connectivity index (χ0v) is 43.1. The lowest BCUT2D eigenvalue weighted by Crippen LogP contribution is -2.41. The third-order valence-electron chi connectivity index (χ3n) is 14.7. The van der Waals surface area contributed by atoms with Gasteiger partial charge in [-0.15, -0.1) is 22.7 Å². The Morgan fingerprint density at radius 3 is 1.89 bits per heavy atom. The Morgan fingerprint density at radius 1 is 0.625 bits per heavy atom. The van der Waals surface area contributed by atoms with Crippen LogP contribution in [0.5, 0.6) is 5.75 Å². The summed E-state index contributed by atoms with van der Waals surface area (Å²) in [6.45, 7) is 2.48. The van der Waals surface area contributed by atoms with Crippen molar-refractivity contribution in [3.05, 3.63) is 125 Å². The molecule has 16 heteroatoms. The van der Waals surface area contributed by atoms with Crippen molar-refractivity contribution in [2.75, 3.05) is 54.5 Å². The largest absolute Gasteiger partial charge is 0.493 e. The molecule has 2 amide bonds. The lowest BCUT2D eigenvalue weighted by atomic mass is 10.00. The van der Waals surface area contributed by atoms with E-state index in [1.807, 2.05) is 95.5 Å². The molecular formula is C56H62N10O4S2. The maximum absolute atomic E-state index is 14.8. The van der Waals surface area contributed by atoms with E-state index in [0.717, 1.165) is 134 Å². The molecule has 7 heterocycles. The number of nitrogens with zero attached hydrogens (tertiary/aromatic N) is 8. The summed E-state index contributed by atoms with van der Waals surface area (Å²) in [4.78, 5) is 63.2. The number of nitrogens with one attached hydrogen (secondary N) is 2. The van der Waals surface area contributed by atoms with Gasteiger partial charge in [-0.1, -0.05) is 68.1 Å².